The third kappa shape index (κ3) is 3.76. The lowest BCUT2D eigenvalue weighted by Crippen LogP contribution is -2.39. The summed E-state index contributed by atoms with van der Waals surface area (Å²) in [5, 5.41) is 3.55. The van der Waals surface area contributed by atoms with E-state index in [9.17, 15) is 0 Å². The Bertz CT molecular complexity index is 400. The molecule has 2 rings (SSSR count). The van der Waals surface area contributed by atoms with E-state index >= 15 is 0 Å². The van der Waals surface area contributed by atoms with Crippen molar-refractivity contribution in [1.29, 1.82) is 0 Å². The zero-order valence-corrected chi connectivity index (χ0v) is 13.4. The molecule has 1 aromatic carbocycles. The molecule has 4 atom stereocenters. The largest absolute Gasteiger partial charge is 0.497 e. The van der Waals surface area contributed by atoms with Crippen molar-refractivity contribution in [3.8, 4) is 5.75 Å². The first-order valence-corrected chi connectivity index (χ1v) is 7.94. The van der Waals surface area contributed by atoms with Gasteiger partial charge in [0.1, 0.15) is 5.75 Å². The molecule has 4 unspecified atom stereocenters. The molecule has 0 bridgehead atoms. The lowest BCUT2D eigenvalue weighted by molar-refractivity contribution is 0.173. The number of hydrogen-bond donors (Lipinski definition) is 1. The lowest BCUT2D eigenvalue weighted by atomic mass is 9.72. The fourth-order valence-corrected chi connectivity index (χ4v) is 3.47. The number of hydrogen-bond acceptors (Lipinski definition) is 2. The van der Waals surface area contributed by atoms with E-state index in [-0.39, 0.29) is 0 Å². The van der Waals surface area contributed by atoms with Crippen molar-refractivity contribution in [1.82, 2.24) is 5.32 Å². The van der Waals surface area contributed by atoms with Crippen LogP contribution in [0.3, 0.4) is 0 Å². The average Bonchev–Trinajstić information content (AvgIpc) is 2.48. The van der Waals surface area contributed by atoms with E-state index in [0.29, 0.717) is 6.04 Å². The Labute approximate surface area is 123 Å². The van der Waals surface area contributed by atoms with Crippen molar-refractivity contribution in [3.05, 3.63) is 29.8 Å². The third-order valence-corrected chi connectivity index (χ3v) is 5.19. The maximum atomic E-state index is 5.23. The molecule has 0 aromatic heterocycles. The highest BCUT2D eigenvalue weighted by Gasteiger charge is 2.29. The molecular formula is C18H29NO. The molecule has 0 amide bonds. The second-order valence-corrected chi connectivity index (χ2v) is 6.48. The molecule has 1 saturated carbocycles. The van der Waals surface area contributed by atoms with Crippen LogP contribution in [0.4, 0.5) is 0 Å². The van der Waals surface area contributed by atoms with Crippen LogP contribution in [0.2, 0.25) is 0 Å². The van der Waals surface area contributed by atoms with Crippen molar-refractivity contribution >= 4 is 0 Å². The Morgan fingerprint density at radius 1 is 1.15 bits per heavy atom. The molecule has 1 aromatic rings. The van der Waals surface area contributed by atoms with Crippen molar-refractivity contribution in [2.75, 3.05) is 14.2 Å². The second kappa shape index (κ2) is 7.12. The summed E-state index contributed by atoms with van der Waals surface area (Å²) in [5.74, 6) is 3.51. The first-order valence-electron chi connectivity index (χ1n) is 7.94. The quantitative estimate of drug-likeness (QED) is 0.880. The van der Waals surface area contributed by atoms with Gasteiger partial charge in [-0.1, -0.05) is 32.4 Å². The summed E-state index contributed by atoms with van der Waals surface area (Å²) in [6.45, 7) is 4.82. The first kappa shape index (κ1) is 15.4. The molecule has 0 aliphatic heterocycles. The SMILES string of the molecule is CNC(Cc1ccc(OC)cc1)C1CCC(C)C(C)C1. The van der Waals surface area contributed by atoms with Gasteiger partial charge in [0, 0.05) is 6.04 Å². The van der Waals surface area contributed by atoms with Gasteiger partial charge < -0.3 is 10.1 Å². The van der Waals surface area contributed by atoms with Crippen LogP contribution >= 0.6 is 0 Å². The van der Waals surface area contributed by atoms with E-state index in [1.807, 2.05) is 0 Å². The number of likely N-dealkylation sites (N-methyl/N-ethyl adjacent to an activating group) is 1. The first-order chi connectivity index (χ1) is 9.63. The van der Waals surface area contributed by atoms with E-state index in [1.54, 1.807) is 7.11 Å². The van der Waals surface area contributed by atoms with Gasteiger partial charge >= 0.3 is 0 Å². The molecule has 0 heterocycles. The van der Waals surface area contributed by atoms with Crippen LogP contribution in [-0.4, -0.2) is 20.2 Å². The predicted octanol–water partition coefficient (Wildman–Crippen LogP) is 3.90. The molecule has 20 heavy (non-hydrogen) atoms. The smallest absolute Gasteiger partial charge is 0.118 e. The average molecular weight is 275 g/mol. The van der Waals surface area contributed by atoms with Gasteiger partial charge in [-0.15, -0.1) is 0 Å². The Hall–Kier alpha value is -1.02. The Balaban J connectivity index is 1.97. The number of ether oxygens (including phenoxy) is 1. The van der Waals surface area contributed by atoms with Crippen LogP contribution in [0.5, 0.6) is 5.75 Å². The van der Waals surface area contributed by atoms with Gasteiger partial charge in [-0.3, -0.25) is 0 Å². The summed E-state index contributed by atoms with van der Waals surface area (Å²) in [6.07, 6.45) is 5.23. The predicted molar refractivity (Wildman–Crippen MR) is 85.2 cm³/mol. The van der Waals surface area contributed by atoms with E-state index in [4.69, 9.17) is 4.74 Å². The standard InChI is InChI=1S/C18H29NO/c1-13-5-8-16(11-14(13)2)18(19-3)12-15-6-9-17(20-4)10-7-15/h6-7,9-10,13-14,16,18-19H,5,8,11-12H2,1-4H3. The van der Waals surface area contributed by atoms with Gasteiger partial charge in [0.05, 0.1) is 7.11 Å². The normalized spacial score (nSPS) is 28.1. The topological polar surface area (TPSA) is 21.3 Å². The molecule has 1 aliphatic rings. The Kier molecular flexibility index (Phi) is 5.47. The lowest BCUT2D eigenvalue weighted by Gasteiger charge is -2.36. The van der Waals surface area contributed by atoms with Crippen molar-refractivity contribution < 1.29 is 4.74 Å². The van der Waals surface area contributed by atoms with Crippen LogP contribution in [0.25, 0.3) is 0 Å². The zero-order valence-electron chi connectivity index (χ0n) is 13.4. The molecule has 112 valence electrons. The van der Waals surface area contributed by atoms with Crippen LogP contribution in [0.15, 0.2) is 24.3 Å². The zero-order chi connectivity index (χ0) is 14.5. The van der Waals surface area contributed by atoms with Crippen LogP contribution in [0, 0.1) is 17.8 Å². The molecule has 2 heteroatoms. The summed E-state index contributed by atoms with van der Waals surface area (Å²) in [4.78, 5) is 0. The maximum absolute atomic E-state index is 5.23. The Morgan fingerprint density at radius 2 is 1.85 bits per heavy atom. The number of rotatable bonds is 5. The molecule has 0 saturated heterocycles. The van der Waals surface area contributed by atoms with Crippen LogP contribution < -0.4 is 10.1 Å². The van der Waals surface area contributed by atoms with Gasteiger partial charge in [-0.05, 0) is 61.8 Å². The minimum Gasteiger partial charge on any atom is -0.497 e. The van der Waals surface area contributed by atoms with Gasteiger partial charge in [0.25, 0.3) is 0 Å². The molecular weight excluding hydrogens is 246 g/mol. The highest BCUT2D eigenvalue weighted by Crippen LogP contribution is 2.35. The summed E-state index contributed by atoms with van der Waals surface area (Å²) in [5.41, 5.74) is 1.40. The minimum atomic E-state index is 0.596. The van der Waals surface area contributed by atoms with Gasteiger partial charge in [0.2, 0.25) is 0 Å². The minimum absolute atomic E-state index is 0.596. The molecule has 1 aliphatic carbocycles. The number of nitrogens with one attached hydrogen (secondary N) is 1. The third-order valence-electron chi connectivity index (χ3n) is 5.19. The summed E-state index contributed by atoms with van der Waals surface area (Å²) in [6, 6.07) is 9.11. The van der Waals surface area contributed by atoms with Gasteiger partial charge in [-0.25, -0.2) is 0 Å². The summed E-state index contributed by atoms with van der Waals surface area (Å²) in [7, 11) is 3.83. The number of methoxy groups -OCH3 is 1. The monoisotopic (exact) mass is 275 g/mol. The number of benzene rings is 1. The van der Waals surface area contributed by atoms with E-state index < -0.39 is 0 Å². The summed E-state index contributed by atoms with van der Waals surface area (Å²) < 4.78 is 5.23. The Morgan fingerprint density at radius 3 is 2.40 bits per heavy atom. The van der Waals surface area contributed by atoms with Gasteiger partial charge in [0.15, 0.2) is 0 Å². The second-order valence-electron chi connectivity index (χ2n) is 6.48. The maximum Gasteiger partial charge on any atom is 0.118 e. The highest BCUT2D eigenvalue weighted by molar-refractivity contribution is 5.27. The fourth-order valence-electron chi connectivity index (χ4n) is 3.47. The molecule has 2 nitrogen and oxygen atoms in total. The van der Waals surface area contributed by atoms with Crippen molar-refractivity contribution in [2.45, 2.75) is 45.6 Å². The summed E-state index contributed by atoms with van der Waals surface area (Å²) >= 11 is 0. The molecule has 1 fully saturated rings. The highest BCUT2D eigenvalue weighted by atomic mass is 16.5. The van der Waals surface area contributed by atoms with Gasteiger partial charge in [-0.2, -0.15) is 0 Å². The van der Waals surface area contributed by atoms with Crippen molar-refractivity contribution in [3.63, 3.8) is 0 Å². The van der Waals surface area contributed by atoms with Crippen LogP contribution in [-0.2, 0) is 6.42 Å². The fraction of sp³-hybridized carbons (Fsp3) is 0.667. The van der Waals surface area contributed by atoms with Crippen LogP contribution in [0.1, 0.15) is 38.7 Å². The van der Waals surface area contributed by atoms with E-state index in [1.165, 1.54) is 24.8 Å². The van der Waals surface area contributed by atoms with E-state index in [2.05, 4.69) is 50.5 Å². The van der Waals surface area contributed by atoms with E-state index in [0.717, 1.165) is 29.9 Å². The molecule has 0 spiro atoms. The molecule has 0 radical (unpaired) electrons. The van der Waals surface area contributed by atoms with Crippen molar-refractivity contribution in [2.24, 2.45) is 17.8 Å². The molecule has 1 N–H and O–H groups in total.